The Bertz CT molecular complexity index is 639. The van der Waals surface area contributed by atoms with Crippen molar-refractivity contribution in [2.24, 2.45) is 0 Å². The number of nitrogens with one attached hydrogen (secondary N) is 1. The van der Waals surface area contributed by atoms with Crippen LogP contribution in [0.4, 0.5) is 0 Å². The molecule has 0 bridgehead atoms. The summed E-state index contributed by atoms with van der Waals surface area (Å²) in [6.07, 6.45) is 3.28. The molecule has 0 saturated carbocycles. The Kier molecular flexibility index (Phi) is 7.79. The van der Waals surface area contributed by atoms with Crippen molar-refractivity contribution >= 4 is 42.3 Å². The number of benzene rings is 1. The third-order valence-corrected chi connectivity index (χ3v) is 3.88. The van der Waals surface area contributed by atoms with Crippen LogP contribution < -0.4 is 5.32 Å². The molecule has 3 rings (SSSR count). The molecule has 7 heteroatoms. The van der Waals surface area contributed by atoms with Crippen molar-refractivity contribution in [1.29, 1.82) is 0 Å². The fourth-order valence-corrected chi connectivity index (χ4v) is 2.81. The number of amides is 1. The van der Waals surface area contributed by atoms with Gasteiger partial charge in [-0.3, -0.25) is 9.78 Å². The maximum absolute atomic E-state index is 12.7. The Balaban J connectivity index is 0.00000132. The molecule has 0 radical (unpaired) electrons. The summed E-state index contributed by atoms with van der Waals surface area (Å²) in [6.45, 7) is 2.19. The van der Waals surface area contributed by atoms with Gasteiger partial charge in [-0.15, -0.1) is 24.8 Å². The van der Waals surface area contributed by atoms with Crippen LogP contribution in [-0.4, -0.2) is 35.4 Å². The molecule has 1 aliphatic heterocycles. The lowest BCUT2D eigenvalue weighted by Gasteiger charge is -2.36. The summed E-state index contributed by atoms with van der Waals surface area (Å²) in [5.74, 6) is 0.00887. The number of pyridine rings is 1. The van der Waals surface area contributed by atoms with Crippen LogP contribution in [-0.2, 0) is 0 Å². The van der Waals surface area contributed by atoms with E-state index in [1.807, 2.05) is 29.2 Å². The standard InChI is InChI=1S/C16H16ClN3O.2ClH/c17-14-5-1-3-12(9-14)15-11-19-7-8-20(15)16(21)13-4-2-6-18-10-13;;/h1-6,9-10,15,19H,7-8,11H2;2*1H. The molecular formula is C16H18Cl3N3O. The first-order valence-electron chi connectivity index (χ1n) is 6.93. The first-order chi connectivity index (χ1) is 10.3. The van der Waals surface area contributed by atoms with Crippen molar-refractivity contribution in [3.8, 4) is 0 Å². The van der Waals surface area contributed by atoms with Gasteiger partial charge in [0.1, 0.15) is 0 Å². The molecule has 124 valence electrons. The highest BCUT2D eigenvalue weighted by Gasteiger charge is 2.28. The number of hydrogen-bond donors (Lipinski definition) is 1. The van der Waals surface area contributed by atoms with Crippen LogP contribution in [0.15, 0.2) is 48.8 Å². The second-order valence-electron chi connectivity index (χ2n) is 5.02. The lowest BCUT2D eigenvalue weighted by molar-refractivity contribution is 0.0634. The molecule has 1 aromatic carbocycles. The van der Waals surface area contributed by atoms with Gasteiger partial charge in [0.15, 0.2) is 0 Å². The molecule has 0 spiro atoms. The van der Waals surface area contributed by atoms with E-state index in [1.54, 1.807) is 24.5 Å². The molecule has 1 amide bonds. The lowest BCUT2D eigenvalue weighted by atomic mass is 10.0. The predicted molar refractivity (Wildman–Crippen MR) is 96.8 cm³/mol. The van der Waals surface area contributed by atoms with Crippen LogP contribution in [0.5, 0.6) is 0 Å². The van der Waals surface area contributed by atoms with E-state index in [-0.39, 0.29) is 36.8 Å². The average molecular weight is 375 g/mol. The van der Waals surface area contributed by atoms with Gasteiger partial charge in [0, 0.05) is 37.1 Å². The summed E-state index contributed by atoms with van der Waals surface area (Å²) >= 11 is 6.07. The van der Waals surface area contributed by atoms with E-state index in [0.29, 0.717) is 17.1 Å². The lowest BCUT2D eigenvalue weighted by Crippen LogP contribution is -2.48. The molecule has 0 aliphatic carbocycles. The van der Waals surface area contributed by atoms with Gasteiger partial charge in [0.25, 0.3) is 5.91 Å². The van der Waals surface area contributed by atoms with Crippen molar-refractivity contribution in [3.05, 3.63) is 64.9 Å². The van der Waals surface area contributed by atoms with Crippen LogP contribution in [0.1, 0.15) is 22.0 Å². The van der Waals surface area contributed by atoms with Crippen molar-refractivity contribution in [1.82, 2.24) is 15.2 Å². The first kappa shape index (κ1) is 19.7. The van der Waals surface area contributed by atoms with Crippen molar-refractivity contribution in [2.45, 2.75) is 6.04 Å². The second kappa shape index (κ2) is 9.08. The monoisotopic (exact) mass is 373 g/mol. The maximum atomic E-state index is 12.7. The number of rotatable bonds is 2. The highest BCUT2D eigenvalue weighted by molar-refractivity contribution is 6.30. The third kappa shape index (κ3) is 4.58. The largest absolute Gasteiger partial charge is 0.329 e. The molecule has 2 heterocycles. The molecule has 4 nitrogen and oxygen atoms in total. The number of halogens is 3. The number of carbonyl (C=O) groups excluding carboxylic acids is 1. The second-order valence-corrected chi connectivity index (χ2v) is 5.45. The Labute approximate surface area is 153 Å². The fraction of sp³-hybridized carbons (Fsp3) is 0.250. The number of piperazine rings is 1. The van der Waals surface area contributed by atoms with Gasteiger partial charge < -0.3 is 10.2 Å². The zero-order chi connectivity index (χ0) is 14.7. The molecule has 1 aromatic heterocycles. The molecule has 2 aromatic rings. The molecular weight excluding hydrogens is 357 g/mol. The van der Waals surface area contributed by atoms with E-state index in [4.69, 9.17) is 11.6 Å². The van der Waals surface area contributed by atoms with Gasteiger partial charge in [-0.2, -0.15) is 0 Å². The fourth-order valence-electron chi connectivity index (χ4n) is 2.61. The zero-order valence-corrected chi connectivity index (χ0v) is 14.7. The van der Waals surface area contributed by atoms with Gasteiger partial charge in [0.05, 0.1) is 11.6 Å². The van der Waals surface area contributed by atoms with Crippen LogP contribution in [0.3, 0.4) is 0 Å². The van der Waals surface area contributed by atoms with Gasteiger partial charge >= 0.3 is 0 Å². The summed E-state index contributed by atoms with van der Waals surface area (Å²) in [5, 5.41) is 4.02. The van der Waals surface area contributed by atoms with Gasteiger partial charge in [-0.1, -0.05) is 23.7 Å². The highest BCUT2D eigenvalue weighted by Crippen LogP contribution is 2.26. The van der Waals surface area contributed by atoms with Gasteiger partial charge in [-0.25, -0.2) is 0 Å². The van der Waals surface area contributed by atoms with Crippen molar-refractivity contribution < 1.29 is 4.79 Å². The number of carbonyl (C=O) groups is 1. The zero-order valence-electron chi connectivity index (χ0n) is 12.3. The topological polar surface area (TPSA) is 45.2 Å². The Morgan fingerprint density at radius 3 is 2.78 bits per heavy atom. The van der Waals surface area contributed by atoms with E-state index in [0.717, 1.165) is 18.7 Å². The molecule has 1 unspecified atom stereocenters. The molecule has 23 heavy (non-hydrogen) atoms. The summed E-state index contributed by atoms with van der Waals surface area (Å²) in [5.41, 5.74) is 1.67. The minimum atomic E-state index is -0.00911. The van der Waals surface area contributed by atoms with E-state index >= 15 is 0 Å². The van der Waals surface area contributed by atoms with E-state index in [1.165, 1.54) is 0 Å². The number of aromatic nitrogens is 1. The summed E-state index contributed by atoms with van der Waals surface area (Å²) in [4.78, 5) is 18.6. The van der Waals surface area contributed by atoms with Crippen LogP contribution >= 0.6 is 36.4 Å². The first-order valence-corrected chi connectivity index (χ1v) is 7.30. The summed E-state index contributed by atoms with van der Waals surface area (Å²) in [6, 6.07) is 11.3. The minimum absolute atomic E-state index is 0. The summed E-state index contributed by atoms with van der Waals surface area (Å²) < 4.78 is 0. The molecule has 1 atom stereocenters. The Morgan fingerprint density at radius 2 is 2.09 bits per heavy atom. The van der Waals surface area contributed by atoms with Crippen LogP contribution in [0.2, 0.25) is 5.02 Å². The van der Waals surface area contributed by atoms with E-state index in [9.17, 15) is 4.79 Å². The quantitative estimate of drug-likeness (QED) is 0.876. The number of nitrogens with zero attached hydrogens (tertiary/aromatic N) is 2. The van der Waals surface area contributed by atoms with Gasteiger partial charge in [0.2, 0.25) is 0 Å². The Hall–Kier alpha value is -1.33. The van der Waals surface area contributed by atoms with Crippen LogP contribution in [0.25, 0.3) is 0 Å². The van der Waals surface area contributed by atoms with Crippen molar-refractivity contribution in [2.75, 3.05) is 19.6 Å². The maximum Gasteiger partial charge on any atom is 0.256 e. The highest BCUT2D eigenvalue weighted by atomic mass is 35.5. The van der Waals surface area contributed by atoms with E-state index < -0.39 is 0 Å². The summed E-state index contributed by atoms with van der Waals surface area (Å²) in [7, 11) is 0. The van der Waals surface area contributed by atoms with Gasteiger partial charge in [-0.05, 0) is 29.8 Å². The minimum Gasteiger partial charge on any atom is -0.329 e. The SMILES string of the molecule is Cl.Cl.O=C(c1cccnc1)N1CCNCC1c1cccc(Cl)c1. The predicted octanol–water partition coefficient (Wildman–Crippen LogP) is 3.37. The van der Waals surface area contributed by atoms with Crippen molar-refractivity contribution in [3.63, 3.8) is 0 Å². The number of hydrogen-bond acceptors (Lipinski definition) is 3. The normalized spacial score (nSPS) is 16.9. The molecule has 1 saturated heterocycles. The molecule has 1 N–H and O–H groups in total. The third-order valence-electron chi connectivity index (χ3n) is 3.65. The average Bonchev–Trinajstić information content (AvgIpc) is 2.55. The molecule has 1 aliphatic rings. The molecule has 1 fully saturated rings. The van der Waals surface area contributed by atoms with E-state index in [2.05, 4.69) is 10.3 Å². The Morgan fingerprint density at radius 1 is 1.26 bits per heavy atom. The smallest absolute Gasteiger partial charge is 0.256 e. The van der Waals surface area contributed by atoms with Crippen LogP contribution in [0, 0.1) is 0 Å².